The molecule has 0 radical (unpaired) electrons. The van der Waals surface area contributed by atoms with Gasteiger partial charge in [0.1, 0.15) is 5.69 Å². The molecule has 2 aromatic carbocycles. The van der Waals surface area contributed by atoms with Gasteiger partial charge in [0.25, 0.3) is 5.69 Å². The predicted octanol–water partition coefficient (Wildman–Crippen LogP) is 2.94. The van der Waals surface area contributed by atoms with Gasteiger partial charge in [-0.2, -0.15) is 0 Å². The van der Waals surface area contributed by atoms with E-state index in [9.17, 15) is 20.0 Å². The molecular formula is C16H16N2O4. The van der Waals surface area contributed by atoms with Crippen molar-refractivity contribution in [2.45, 2.75) is 13.0 Å². The van der Waals surface area contributed by atoms with Crippen molar-refractivity contribution >= 4 is 17.2 Å². The number of anilines is 1. The van der Waals surface area contributed by atoms with Crippen molar-refractivity contribution in [3.8, 4) is 0 Å². The van der Waals surface area contributed by atoms with Crippen LogP contribution in [0, 0.1) is 10.1 Å². The monoisotopic (exact) mass is 300 g/mol. The van der Waals surface area contributed by atoms with E-state index in [0.29, 0.717) is 0 Å². The van der Waals surface area contributed by atoms with Crippen molar-refractivity contribution in [2.75, 3.05) is 11.9 Å². The molecule has 0 aliphatic carbocycles. The minimum atomic E-state index is -0.547. The first-order valence-corrected chi connectivity index (χ1v) is 6.74. The summed E-state index contributed by atoms with van der Waals surface area (Å²) in [6.07, 6.45) is 0. The zero-order chi connectivity index (χ0) is 16.1. The Morgan fingerprint density at radius 1 is 1.27 bits per heavy atom. The standard InChI is InChI=1S/C16H16N2O4/c1-11(20)13-7-8-14(16(9-13)18(21)22)17-15(10-19)12-5-3-2-4-6-12/h2-9,15,17,19H,10H2,1H3. The molecule has 0 amide bonds. The lowest BCUT2D eigenvalue weighted by Crippen LogP contribution is -2.15. The number of Topliss-reactive ketones (excluding diaryl/α,β-unsaturated/α-hetero) is 1. The maximum atomic E-state index is 11.3. The summed E-state index contributed by atoms with van der Waals surface area (Å²) < 4.78 is 0. The van der Waals surface area contributed by atoms with Crippen LogP contribution in [0.5, 0.6) is 0 Å². The molecule has 0 spiro atoms. The molecule has 2 aromatic rings. The number of nitrogens with one attached hydrogen (secondary N) is 1. The molecule has 114 valence electrons. The molecule has 2 N–H and O–H groups in total. The number of aliphatic hydroxyl groups is 1. The fourth-order valence-corrected chi connectivity index (χ4v) is 2.13. The Kier molecular flexibility index (Phi) is 4.85. The highest BCUT2D eigenvalue weighted by Crippen LogP contribution is 2.29. The summed E-state index contributed by atoms with van der Waals surface area (Å²) in [7, 11) is 0. The first-order valence-electron chi connectivity index (χ1n) is 6.74. The highest BCUT2D eigenvalue weighted by Gasteiger charge is 2.19. The summed E-state index contributed by atoms with van der Waals surface area (Å²) in [5.41, 5.74) is 1.16. The molecule has 0 aliphatic heterocycles. The van der Waals surface area contributed by atoms with E-state index in [4.69, 9.17) is 0 Å². The van der Waals surface area contributed by atoms with Crippen LogP contribution in [-0.4, -0.2) is 22.4 Å². The Hall–Kier alpha value is -2.73. The molecule has 0 aromatic heterocycles. The Morgan fingerprint density at radius 3 is 2.50 bits per heavy atom. The number of hydrogen-bond acceptors (Lipinski definition) is 5. The molecule has 0 aliphatic rings. The van der Waals surface area contributed by atoms with Crippen molar-refractivity contribution < 1.29 is 14.8 Å². The maximum absolute atomic E-state index is 11.3. The molecule has 6 heteroatoms. The third-order valence-electron chi connectivity index (χ3n) is 3.32. The second kappa shape index (κ2) is 6.82. The number of carbonyl (C=O) groups excluding carboxylic acids is 1. The second-order valence-corrected chi connectivity index (χ2v) is 4.84. The van der Waals surface area contributed by atoms with E-state index in [1.165, 1.54) is 25.1 Å². The number of nitro benzene ring substituents is 1. The smallest absolute Gasteiger partial charge is 0.293 e. The van der Waals surface area contributed by atoms with Gasteiger partial charge in [-0.15, -0.1) is 0 Å². The highest BCUT2D eigenvalue weighted by atomic mass is 16.6. The number of nitrogens with zero attached hydrogens (tertiary/aromatic N) is 1. The quantitative estimate of drug-likeness (QED) is 0.486. The molecule has 0 saturated carbocycles. The van der Waals surface area contributed by atoms with Crippen LogP contribution >= 0.6 is 0 Å². The van der Waals surface area contributed by atoms with Gasteiger partial charge in [0, 0.05) is 11.6 Å². The molecular weight excluding hydrogens is 284 g/mol. The normalized spacial score (nSPS) is 11.7. The number of ketones is 1. The van der Waals surface area contributed by atoms with Crippen LogP contribution in [0.25, 0.3) is 0 Å². The molecule has 2 rings (SSSR count). The van der Waals surface area contributed by atoms with Crippen LogP contribution in [0.3, 0.4) is 0 Å². The molecule has 0 saturated heterocycles. The summed E-state index contributed by atoms with van der Waals surface area (Å²) in [5, 5.41) is 23.7. The molecule has 1 atom stereocenters. The molecule has 0 fully saturated rings. The summed E-state index contributed by atoms with van der Waals surface area (Å²) in [6, 6.07) is 12.9. The third-order valence-corrected chi connectivity index (χ3v) is 3.32. The Balaban J connectivity index is 2.35. The number of benzene rings is 2. The van der Waals surface area contributed by atoms with Crippen LogP contribution in [0.4, 0.5) is 11.4 Å². The van der Waals surface area contributed by atoms with E-state index in [0.717, 1.165) is 5.56 Å². The topological polar surface area (TPSA) is 92.5 Å². The van der Waals surface area contributed by atoms with E-state index in [1.807, 2.05) is 30.3 Å². The van der Waals surface area contributed by atoms with E-state index >= 15 is 0 Å². The lowest BCUT2D eigenvalue weighted by molar-refractivity contribution is -0.384. The number of rotatable bonds is 6. The lowest BCUT2D eigenvalue weighted by Gasteiger charge is -2.18. The van der Waals surface area contributed by atoms with E-state index < -0.39 is 11.0 Å². The number of nitro groups is 1. The van der Waals surface area contributed by atoms with E-state index in [1.54, 1.807) is 0 Å². The fourth-order valence-electron chi connectivity index (χ4n) is 2.13. The fraction of sp³-hybridized carbons (Fsp3) is 0.188. The largest absolute Gasteiger partial charge is 0.394 e. The molecule has 1 unspecified atom stereocenters. The van der Waals surface area contributed by atoms with Crippen molar-refractivity contribution in [3.05, 3.63) is 69.8 Å². The van der Waals surface area contributed by atoms with Crippen molar-refractivity contribution in [1.82, 2.24) is 0 Å². The predicted molar refractivity (Wildman–Crippen MR) is 83.0 cm³/mol. The van der Waals surface area contributed by atoms with E-state index in [-0.39, 0.29) is 29.3 Å². The zero-order valence-electron chi connectivity index (χ0n) is 12.0. The van der Waals surface area contributed by atoms with Crippen LogP contribution in [0.2, 0.25) is 0 Å². The van der Waals surface area contributed by atoms with Gasteiger partial charge in [0.15, 0.2) is 5.78 Å². The van der Waals surface area contributed by atoms with E-state index in [2.05, 4.69) is 5.32 Å². The van der Waals surface area contributed by atoms with Gasteiger partial charge in [0.05, 0.1) is 17.6 Å². The Labute approximate surface area is 127 Å². The Morgan fingerprint density at radius 2 is 1.95 bits per heavy atom. The summed E-state index contributed by atoms with van der Waals surface area (Å²) in [6.45, 7) is 1.14. The first kappa shape index (κ1) is 15.7. The minimum Gasteiger partial charge on any atom is -0.394 e. The SMILES string of the molecule is CC(=O)c1ccc(NC(CO)c2ccccc2)c([N+](=O)[O-])c1. The van der Waals surface area contributed by atoms with Gasteiger partial charge >= 0.3 is 0 Å². The van der Waals surface area contributed by atoms with Gasteiger partial charge < -0.3 is 10.4 Å². The average Bonchev–Trinajstić information content (AvgIpc) is 2.53. The molecule has 0 bridgehead atoms. The summed E-state index contributed by atoms with van der Waals surface area (Å²) in [5.74, 6) is -0.239. The van der Waals surface area contributed by atoms with Crippen molar-refractivity contribution in [1.29, 1.82) is 0 Å². The minimum absolute atomic E-state index is 0.193. The van der Waals surface area contributed by atoms with Gasteiger partial charge in [-0.05, 0) is 24.6 Å². The van der Waals surface area contributed by atoms with Crippen LogP contribution in [0.1, 0.15) is 28.9 Å². The van der Waals surface area contributed by atoms with Crippen LogP contribution < -0.4 is 5.32 Å². The first-order chi connectivity index (χ1) is 10.5. The molecule has 6 nitrogen and oxygen atoms in total. The van der Waals surface area contributed by atoms with Gasteiger partial charge in [0.2, 0.25) is 0 Å². The van der Waals surface area contributed by atoms with Crippen molar-refractivity contribution in [3.63, 3.8) is 0 Å². The third kappa shape index (κ3) is 3.48. The van der Waals surface area contributed by atoms with Gasteiger partial charge in [-0.25, -0.2) is 0 Å². The maximum Gasteiger partial charge on any atom is 0.293 e. The lowest BCUT2D eigenvalue weighted by atomic mass is 10.1. The summed E-state index contributed by atoms with van der Waals surface area (Å²) >= 11 is 0. The van der Waals surface area contributed by atoms with Crippen LogP contribution in [0.15, 0.2) is 48.5 Å². The average molecular weight is 300 g/mol. The highest BCUT2D eigenvalue weighted by molar-refractivity contribution is 5.95. The second-order valence-electron chi connectivity index (χ2n) is 4.84. The summed E-state index contributed by atoms with van der Waals surface area (Å²) in [4.78, 5) is 22.0. The Bertz CT molecular complexity index is 686. The van der Waals surface area contributed by atoms with Crippen LogP contribution in [-0.2, 0) is 0 Å². The van der Waals surface area contributed by atoms with Crippen molar-refractivity contribution in [2.24, 2.45) is 0 Å². The number of aliphatic hydroxyl groups excluding tert-OH is 1. The zero-order valence-corrected chi connectivity index (χ0v) is 12.0. The molecule has 22 heavy (non-hydrogen) atoms. The number of carbonyl (C=O) groups is 1. The van der Waals surface area contributed by atoms with Gasteiger partial charge in [-0.3, -0.25) is 14.9 Å². The molecule has 0 heterocycles. The number of hydrogen-bond donors (Lipinski definition) is 2. The van der Waals surface area contributed by atoms with Gasteiger partial charge in [-0.1, -0.05) is 30.3 Å².